The van der Waals surface area contributed by atoms with Crippen LogP contribution < -0.4 is 20.1 Å². The van der Waals surface area contributed by atoms with Gasteiger partial charge in [-0.3, -0.25) is 9.59 Å². The van der Waals surface area contributed by atoms with Crippen LogP contribution in [0.15, 0.2) is 24.3 Å². The molecule has 1 aliphatic rings. The number of carbonyl (C=O) groups is 2. The molecule has 0 bridgehead atoms. The highest BCUT2D eigenvalue weighted by Crippen LogP contribution is 2.17. The van der Waals surface area contributed by atoms with E-state index in [2.05, 4.69) is 10.6 Å². The predicted molar refractivity (Wildman–Crippen MR) is 91.1 cm³/mol. The average Bonchev–Trinajstić information content (AvgIpc) is 2.60. The van der Waals surface area contributed by atoms with Gasteiger partial charge in [0.25, 0.3) is 0 Å². The van der Waals surface area contributed by atoms with Crippen molar-refractivity contribution in [2.45, 2.75) is 44.6 Å². The first-order valence-electron chi connectivity index (χ1n) is 8.50. The first-order valence-corrected chi connectivity index (χ1v) is 8.50. The van der Waals surface area contributed by atoms with Gasteiger partial charge >= 0.3 is 0 Å². The fourth-order valence-electron chi connectivity index (χ4n) is 2.77. The van der Waals surface area contributed by atoms with Gasteiger partial charge in [-0.15, -0.1) is 0 Å². The molecule has 1 aliphatic carbocycles. The Morgan fingerprint density at radius 3 is 2.38 bits per heavy atom. The number of amides is 2. The van der Waals surface area contributed by atoms with Crippen molar-refractivity contribution >= 4 is 11.8 Å². The number of benzene rings is 1. The quantitative estimate of drug-likeness (QED) is 0.563. The molecule has 0 atom stereocenters. The van der Waals surface area contributed by atoms with Gasteiger partial charge in [-0.05, 0) is 37.1 Å². The maximum Gasteiger partial charge on any atom is 0.229 e. The summed E-state index contributed by atoms with van der Waals surface area (Å²) < 4.78 is 10.6. The van der Waals surface area contributed by atoms with Crippen molar-refractivity contribution in [3.63, 3.8) is 0 Å². The molecular formula is C18H26N2O4. The highest BCUT2D eigenvalue weighted by molar-refractivity contribution is 5.96. The molecule has 0 aliphatic heterocycles. The van der Waals surface area contributed by atoms with Gasteiger partial charge in [-0.1, -0.05) is 19.3 Å². The lowest BCUT2D eigenvalue weighted by Gasteiger charge is -2.22. The zero-order valence-corrected chi connectivity index (χ0v) is 14.2. The van der Waals surface area contributed by atoms with Crippen LogP contribution in [0.4, 0.5) is 0 Å². The van der Waals surface area contributed by atoms with E-state index in [1.807, 2.05) is 12.1 Å². The third-order valence-corrected chi connectivity index (χ3v) is 4.04. The maximum atomic E-state index is 11.8. The molecule has 1 aromatic carbocycles. The van der Waals surface area contributed by atoms with Crippen molar-refractivity contribution in [2.24, 2.45) is 0 Å². The van der Waals surface area contributed by atoms with E-state index in [1.165, 1.54) is 6.42 Å². The van der Waals surface area contributed by atoms with E-state index < -0.39 is 0 Å². The van der Waals surface area contributed by atoms with Crippen LogP contribution in [-0.4, -0.2) is 38.1 Å². The highest BCUT2D eigenvalue weighted by atomic mass is 16.5. The van der Waals surface area contributed by atoms with E-state index in [0.717, 1.165) is 31.4 Å². The molecule has 6 nitrogen and oxygen atoms in total. The number of methoxy groups -OCH3 is 1. The summed E-state index contributed by atoms with van der Waals surface area (Å²) in [4.78, 5) is 23.6. The molecule has 0 heterocycles. The number of nitrogens with one attached hydrogen (secondary N) is 2. The smallest absolute Gasteiger partial charge is 0.229 e. The summed E-state index contributed by atoms with van der Waals surface area (Å²) in [5.41, 5.74) is 0. The number of rotatable bonds is 8. The third-order valence-electron chi connectivity index (χ3n) is 4.04. The molecule has 0 radical (unpaired) electrons. The highest BCUT2D eigenvalue weighted by Gasteiger charge is 2.17. The van der Waals surface area contributed by atoms with Gasteiger partial charge in [0, 0.05) is 6.04 Å². The van der Waals surface area contributed by atoms with Crippen LogP contribution in [0.3, 0.4) is 0 Å². The lowest BCUT2D eigenvalue weighted by molar-refractivity contribution is -0.129. The first-order chi connectivity index (χ1) is 11.7. The average molecular weight is 334 g/mol. The molecule has 1 aromatic rings. The Bertz CT molecular complexity index is 524. The van der Waals surface area contributed by atoms with Crippen molar-refractivity contribution in [1.29, 1.82) is 0 Å². The summed E-state index contributed by atoms with van der Waals surface area (Å²) in [6.45, 7) is 0.712. The minimum absolute atomic E-state index is 0.126. The largest absolute Gasteiger partial charge is 0.497 e. The van der Waals surface area contributed by atoms with E-state index in [0.29, 0.717) is 18.9 Å². The van der Waals surface area contributed by atoms with E-state index >= 15 is 0 Å². The van der Waals surface area contributed by atoms with Gasteiger partial charge in [0.15, 0.2) is 0 Å². The second kappa shape index (κ2) is 9.80. The van der Waals surface area contributed by atoms with Gasteiger partial charge in [-0.25, -0.2) is 0 Å². The van der Waals surface area contributed by atoms with Gasteiger partial charge in [-0.2, -0.15) is 0 Å². The standard InChI is InChI=1S/C18H26N2O4/c1-23-15-7-9-16(10-8-15)24-12-11-19-17(21)13-18(22)20-14-5-3-2-4-6-14/h7-10,14H,2-6,11-13H2,1H3,(H,19,21)(H,20,22). The molecule has 6 heteroatoms. The Labute approximate surface area is 142 Å². The summed E-state index contributed by atoms with van der Waals surface area (Å²) in [7, 11) is 1.61. The van der Waals surface area contributed by atoms with Crippen LogP contribution in [0.25, 0.3) is 0 Å². The van der Waals surface area contributed by atoms with Crippen molar-refractivity contribution < 1.29 is 19.1 Å². The van der Waals surface area contributed by atoms with Crippen LogP contribution >= 0.6 is 0 Å². The van der Waals surface area contributed by atoms with Crippen molar-refractivity contribution in [3.05, 3.63) is 24.3 Å². The molecular weight excluding hydrogens is 308 g/mol. The van der Waals surface area contributed by atoms with Crippen LogP contribution in [0.5, 0.6) is 11.5 Å². The van der Waals surface area contributed by atoms with Crippen LogP contribution in [-0.2, 0) is 9.59 Å². The van der Waals surface area contributed by atoms with Crippen molar-refractivity contribution in [1.82, 2.24) is 10.6 Å². The minimum Gasteiger partial charge on any atom is -0.497 e. The van der Waals surface area contributed by atoms with Gasteiger partial charge in [0.2, 0.25) is 11.8 Å². The zero-order valence-electron chi connectivity index (χ0n) is 14.2. The normalized spacial score (nSPS) is 14.7. The number of ether oxygens (including phenoxy) is 2. The molecule has 0 aromatic heterocycles. The second-order valence-corrected chi connectivity index (χ2v) is 5.95. The Balaban J connectivity index is 1.57. The van der Waals surface area contributed by atoms with Crippen LogP contribution in [0, 0.1) is 0 Å². The Kier molecular flexibility index (Phi) is 7.39. The maximum absolute atomic E-state index is 11.8. The Morgan fingerprint density at radius 1 is 1.04 bits per heavy atom. The van der Waals surface area contributed by atoms with Crippen molar-refractivity contribution in [2.75, 3.05) is 20.3 Å². The molecule has 0 unspecified atom stereocenters. The topological polar surface area (TPSA) is 76.7 Å². The van der Waals surface area contributed by atoms with Gasteiger partial charge < -0.3 is 20.1 Å². The first kappa shape index (κ1) is 18.1. The number of carbonyl (C=O) groups excluding carboxylic acids is 2. The van der Waals surface area contributed by atoms with E-state index in [-0.39, 0.29) is 24.3 Å². The van der Waals surface area contributed by atoms with Gasteiger partial charge in [0.1, 0.15) is 24.5 Å². The summed E-state index contributed by atoms with van der Waals surface area (Å²) in [5.74, 6) is 0.997. The summed E-state index contributed by atoms with van der Waals surface area (Å²) in [6.07, 6.45) is 5.45. The van der Waals surface area contributed by atoms with Crippen LogP contribution in [0.1, 0.15) is 38.5 Å². The second-order valence-electron chi connectivity index (χ2n) is 5.95. The fourth-order valence-corrected chi connectivity index (χ4v) is 2.77. The van der Waals surface area contributed by atoms with E-state index in [9.17, 15) is 9.59 Å². The lowest BCUT2D eigenvalue weighted by Crippen LogP contribution is -2.39. The van der Waals surface area contributed by atoms with E-state index in [4.69, 9.17) is 9.47 Å². The predicted octanol–water partition coefficient (Wildman–Crippen LogP) is 2.03. The summed E-state index contributed by atoms with van der Waals surface area (Å²) in [5, 5.41) is 5.63. The number of hydrogen-bond donors (Lipinski definition) is 2. The fraction of sp³-hybridized carbons (Fsp3) is 0.556. The SMILES string of the molecule is COc1ccc(OCCNC(=O)CC(=O)NC2CCCCC2)cc1. The lowest BCUT2D eigenvalue weighted by atomic mass is 9.95. The van der Waals surface area contributed by atoms with Crippen LogP contribution in [0.2, 0.25) is 0 Å². The third kappa shape index (κ3) is 6.48. The van der Waals surface area contributed by atoms with E-state index in [1.54, 1.807) is 19.2 Å². The molecule has 2 rings (SSSR count). The molecule has 1 fully saturated rings. The number of hydrogen-bond acceptors (Lipinski definition) is 4. The molecule has 1 saturated carbocycles. The molecule has 0 saturated heterocycles. The van der Waals surface area contributed by atoms with Crippen molar-refractivity contribution in [3.8, 4) is 11.5 Å². The summed E-state index contributed by atoms with van der Waals surface area (Å²) >= 11 is 0. The molecule has 24 heavy (non-hydrogen) atoms. The summed E-state index contributed by atoms with van der Waals surface area (Å²) in [6, 6.07) is 7.46. The molecule has 2 N–H and O–H groups in total. The monoisotopic (exact) mass is 334 g/mol. The Hall–Kier alpha value is -2.24. The molecule has 2 amide bonds. The molecule has 0 spiro atoms. The van der Waals surface area contributed by atoms with Gasteiger partial charge in [0.05, 0.1) is 13.7 Å². The zero-order chi connectivity index (χ0) is 17.2. The molecule has 132 valence electrons. The minimum atomic E-state index is -0.276. The Morgan fingerprint density at radius 2 is 1.71 bits per heavy atom.